The van der Waals surface area contributed by atoms with Crippen LogP contribution >= 0.6 is 0 Å². The standard InChI is InChI=1S/C40H33N3O4/c1-41(2)33-20-14-28-22-35(39(44)46-37(28)24-33)26-10-16-31(17-11-26)43(30-8-6-5-7-9-30)32-18-12-27(13-19-32)36-23-29-15-21-34(42(3)4)25-38(29)47-40(36)45/h5-25H,1-4H3. The summed E-state index contributed by atoms with van der Waals surface area (Å²) in [7, 11) is 7.80. The molecule has 0 saturated heterocycles. The van der Waals surface area contributed by atoms with E-state index in [4.69, 9.17) is 8.83 Å². The van der Waals surface area contributed by atoms with Gasteiger partial charge in [-0.15, -0.1) is 0 Å². The largest absolute Gasteiger partial charge is 0.422 e. The van der Waals surface area contributed by atoms with Crippen LogP contribution in [-0.2, 0) is 0 Å². The molecule has 7 heteroatoms. The number of fused-ring (bicyclic) bond motifs is 2. The fourth-order valence-electron chi connectivity index (χ4n) is 5.76. The fraction of sp³-hybridized carbons (Fsp3) is 0.100. The summed E-state index contributed by atoms with van der Waals surface area (Å²) >= 11 is 0. The van der Waals surface area contributed by atoms with E-state index < -0.39 is 0 Å². The molecule has 0 unspecified atom stereocenters. The molecule has 232 valence electrons. The maximum atomic E-state index is 13.0. The molecule has 2 heterocycles. The Hall–Kier alpha value is -6.08. The Morgan fingerprint density at radius 1 is 0.426 bits per heavy atom. The highest BCUT2D eigenvalue weighted by molar-refractivity contribution is 5.87. The summed E-state index contributed by atoms with van der Waals surface area (Å²) in [6.45, 7) is 0. The predicted octanol–water partition coefficient (Wildman–Crippen LogP) is 8.84. The van der Waals surface area contributed by atoms with Crippen molar-refractivity contribution in [2.45, 2.75) is 0 Å². The van der Waals surface area contributed by atoms with Gasteiger partial charge in [-0.05, 0) is 83.9 Å². The van der Waals surface area contributed by atoms with Crippen molar-refractivity contribution < 1.29 is 8.83 Å². The second-order valence-corrected chi connectivity index (χ2v) is 11.9. The van der Waals surface area contributed by atoms with Gasteiger partial charge >= 0.3 is 11.3 Å². The molecule has 5 aromatic carbocycles. The average molecular weight is 620 g/mol. The minimum Gasteiger partial charge on any atom is -0.422 e. The molecule has 0 fully saturated rings. The van der Waals surface area contributed by atoms with Crippen molar-refractivity contribution in [1.29, 1.82) is 0 Å². The zero-order valence-corrected chi connectivity index (χ0v) is 26.6. The van der Waals surface area contributed by atoms with Gasteiger partial charge in [0.15, 0.2) is 0 Å². The van der Waals surface area contributed by atoms with Crippen molar-refractivity contribution in [1.82, 2.24) is 0 Å². The maximum Gasteiger partial charge on any atom is 0.344 e. The second kappa shape index (κ2) is 12.0. The molecule has 0 aliphatic carbocycles. The summed E-state index contributed by atoms with van der Waals surface area (Å²) in [6.07, 6.45) is 0. The lowest BCUT2D eigenvalue weighted by Gasteiger charge is -2.25. The summed E-state index contributed by atoms with van der Waals surface area (Å²) in [6, 6.07) is 41.3. The van der Waals surface area contributed by atoms with E-state index in [0.717, 1.165) is 50.3 Å². The molecule has 0 N–H and O–H groups in total. The topological polar surface area (TPSA) is 70.1 Å². The first-order valence-corrected chi connectivity index (χ1v) is 15.3. The number of anilines is 5. The highest BCUT2D eigenvalue weighted by Crippen LogP contribution is 2.36. The van der Waals surface area contributed by atoms with E-state index in [1.807, 2.05) is 165 Å². The smallest absolute Gasteiger partial charge is 0.344 e. The highest BCUT2D eigenvalue weighted by Gasteiger charge is 2.16. The van der Waals surface area contributed by atoms with Crippen LogP contribution in [0.1, 0.15) is 0 Å². The SMILES string of the molecule is CN(C)c1ccc2cc(-c3ccc(N(c4ccccc4)c4ccc(-c5cc6ccc(N(C)C)cc6oc5=O)cc4)cc3)c(=O)oc2c1. The van der Waals surface area contributed by atoms with E-state index >= 15 is 0 Å². The maximum absolute atomic E-state index is 13.0. The van der Waals surface area contributed by atoms with Gasteiger partial charge in [0.2, 0.25) is 0 Å². The van der Waals surface area contributed by atoms with Crippen LogP contribution < -0.4 is 26.0 Å². The van der Waals surface area contributed by atoms with Crippen LogP contribution in [0.25, 0.3) is 44.2 Å². The first-order valence-electron chi connectivity index (χ1n) is 15.3. The van der Waals surface area contributed by atoms with Crippen LogP contribution in [0.4, 0.5) is 28.4 Å². The number of hydrogen-bond acceptors (Lipinski definition) is 7. The van der Waals surface area contributed by atoms with Crippen LogP contribution in [0.2, 0.25) is 0 Å². The number of hydrogen-bond donors (Lipinski definition) is 0. The molecule has 0 bridgehead atoms. The zero-order chi connectivity index (χ0) is 32.7. The normalized spacial score (nSPS) is 11.1. The van der Waals surface area contributed by atoms with Crippen molar-refractivity contribution in [3.63, 3.8) is 0 Å². The van der Waals surface area contributed by atoms with Gasteiger partial charge in [-0.25, -0.2) is 9.59 Å². The van der Waals surface area contributed by atoms with Gasteiger partial charge in [0.05, 0.1) is 11.1 Å². The first-order chi connectivity index (χ1) is 22.7. The summed E-state index contributed by atoms with van der Waals surface area (Å²) in [5.41, 5.74) is 7.62. The molecule has 7 rings (SSSR count). The van der Waals surface area contributed by atoms with Crippen molar-refractivity contribution in [2.24, 2.45) is 0 Å². The van der Waals surface area contributed by atoms with Gasteiger partial charge < -0.3 is 23.5 Å². The minimum atomic E-state index is -0.382. The highest BCUT2D eigenvalue weighted by atomic mass is 16.4. The van der Waals surface area contributed by atoms with Crippen molar-refractivity contribution >= 4 is 50.4 Å². The Bertz CT molecular complexity index is 2190. The molecule has 7 aromatic rings. The number of para-hydroxylation sites is 1. The number of benzene rings is 5. The van der Waals surface area contributed by atoms with Gasteiger partial charge in [0.25, 0.3) is 0 Å². The van der Waals surface area contributed by atoms with E-state index in [1.165, 1.54) is 0 Å². The Kier molecular flexibility index (Phi) is 7.58. The van der Waals surface area contributed by atoms with E-state index in [2.05, 4.69) is 4.90 Å². The van der Waals surface area contributed by atoms with Crippen LogP contribution in [0, 0.1) is 0 Å². The quantitative estimate of drug-likeness (QED) is 0.165. The Morgan fingerprint density at radius 3 is 1.21 bits per heavy atom. The Labute approximate surface area is 272 Å². The van der Waals surface area contributed by atoms with E-state index in [9.17, 15) is 9.59 Å². The summed E-state index contributed by atoms with van der Waals surface area (Å²) in [5.74, 6) is 0. The van der Waals surface area contributed by atoms with Gasteiger partial charge in [-0.3, -0.25) is 0 Å². The monoisotopic (exact) mass is 619 g/mol. The summed E-state index contributed by atoms with van der Waals surface area (Å²) in [5, 5.41) is 1.72. The van der Waals surface area contributed by atoms with Crippen LogP contribution in [-0.4, -0.2) is 28.2 Å². The molecular weight excluding hydrogens is 586 g/mol. The molecule has 0 radical (unpaired) electrons. The van der Waals surface area contributed by atoms with Gasteiger partial charge in [0.1, 0.15) is 11.2 Å². The minimum absolute atomic E-state index is 0.382. The molecule has 0 spiro atoms. The number of nitrogens with zero attached hydrogens (tertiary/aromatic N) is 3. The lowest BCUT2D eigenvalue weighted by molar-refractivity contribution is 0.563. The molecular formula is C40H33N3O4. The van der Waals surface area contributed by atoms with Crippen LogP contribution in [0.3, 0.4) is 0 Å². The average Bonchev–Trinajstić information content (AvgIpc) is 3.08. The summed E-state index contributed by atoms with van der Waals surface area (Å²) in [4.78, 5) is 32.2. The van der Waals surface area contributed by atoms with Gasteiger partial charge in [0, 0.05) is 79.5 Å². The Balaban J connectivity index is 1.23. The third-order valence-corrected chi connectivity index (χ3v) is 8.36. The predicted molar refractivity (Wildman–Crippen MR) is 193 cm³/mol. The second-order valence-electron chi connectivity index (χ2n) is 11.9. The Morgan fingerprint density at radius 2 is 0.809 bits per heavy atom. The van der Waals surface area contributed by atoms with E-state index in [-0.39, 0.29) is 11.3 Å². The number of rotatable bonds is 7. The molecule has 0 saturated carbocycles. The fourth-order valence-corrected chi connectivity index (χ4v) is 5.76. The molecule has 47 heavy (non-hydrogen) atoms. The third kappa shape index (κ3) is 5.75. The van der Waals surface area contributed by atoms with E-state index in [1.54, 1.807) is 0 Å². The molecule has 2 aromatic heterocycles. The van der Waals surface area contributed by atoms with Gasteiger partial charge in [-0.2, -0.15) is 0 Å². The van der Waals surface area contributed by atoms with Crippen LogP contribution in [0.5, 0.6) is 0 Å². The zero-order valence-electron chi connectivity index (χ0n) is 26.6. The van der Waals surface area contributed by atoms with E-state index in [0.29, 0.717) is 22.3 Å². The molecule has 0 amide bonds. The molecule has 7 nitrogen and oxygen atoms in total. The summed E-state index contributed by atoms with van der Waals surface area (Å²) < 4.78 is 11.5. The first kappa shape index (κ1) is 29.6. The lowest BCUT2D eigenvalue weighted by Crippen LogP contribution is -2.10. The third-order valence-electron chi connectivity index (χ3n) is 8.36. The molecule has 0 aliphatic rings. The molecule has 0 aliphatic heterocycles. The lowest BCUT2D eigenvalue weighted by atomic mass is 10.0. The van der Waals surface area contributed by atoms with Crippen molar-refractivity contribution in [2.75, 3.05) is 42.9 Å². The van der Waals surface area contributed by atoms with Crippen LogP contribution in [0.15, 0.2) is 146 Å². The van der Waals surface area contributed by atoms with Crippen molar-refractivity contribution in [3.05, 3.63) is 148 Å². The molecule has 0 atom stereocenters. The van der Waals surface area contributed by atoms with Gasteiger partial charge in [-0.1, -0.05) is 42.5 Å². The van der Waals surface area contributed by atoms with Crippen molar-refractivity contribution in [3.8, 4) is 22.3 Å².